The molecule has 0 aliphatic rings. The van der Waals surface area contributed by atoms with Crippen LogP contribution in [-0.4, -0.2) is 11.2 Å². The van der Waals surface area contributed by atoms with Crippen molar-refractivity contribution in [3.05, 3.63) is 25.2 Å². The molecule has 0 radical (unpaired) electrons. The van der Waals surface area contributed by atoms with Gasteiger partial charge in [-0.15, -0.1) is 0 Å². The van der Waals surface area contributed by atoms with E-state index >= 15 is 0 Å². The molecule has 0 spiro atoms. The highest BCUT2D eigenvalue weighted by molar-refractivity contribution is 4.92. The Morgan fingerprint density at radius 1 is 1.80 bits per heavy atom. The van der Waals surface area contributed by atoms with Crippen molar-refractivity contribution in [1.29, 1.82) is 0 Å². The minimum atomic E-state index is -0.553. The van der Waals surface area contributed by atoms with Crippen LogP contribution in [0.15, 0.2) is 25.2 Å². The second-order valence-corrected chi connectivity index (χ2v) is 2.06. The minimum absolute atomic E-state index is 0.372. The molecule has 0 fully saturated rings. The summed E-state index contributed by atoms with van der Waals surface area (Å²) in [6.07, 6.45) is 2.32. The maximum Gasteiger partial charge on any atom is 0.124 e. The number of aliphatic hydroxyl groups excluding tert-OH is 1. The van der Waals surface area contributed by atoms with E-state index in [1.807, 2.05) is 6.92 Å². The second kappa shape index (κ2) is 5.06. The lowest BCUT2D eigenvalue weighted by Gasteiger charge is -2.10. The molecule has 0 bridgehead atoms. The molecule has 1 atom stereocenters. The number of hydrogen-bond acceptors (Lipinski definition) is 2. The molecule has 0 aromatic heterocycles. The lowest BCUT2D eigenvalue weighted by Crippen LogP contribution is -2.09. The van der Waals surface area contributed by atoms with Crippen LogP contribution in [0.2, 0.25) is 0 Å². The summed E-state index contributed by atoms with van der Waals surface area (Å²) < 4.78 is 4.78. The van der Waals surface area contributed by atoms with Gasteiger partial charge >= 0.3 is 0 Å². The van der Waals surface area contributed by atoms with E-state index in [-0.39, 0.29) is 0 Å². The quantitative estimate of drug-likeness (QED) is 0.593. The molecule has 0 aromatic rings. The lowest BCUT2D eigenvalue weighted by atomic mass is 10.2. The third-order valence-electron chi connectivity index (χ3n) is 1.17. The third-order valence-corrected chi connectivity index (χ3v) is 1.17. The zero-order valence-corrected chi connectivity index (χ0v) is 6.34. The molecule has 0 aromatic carbocycles. The Balaban J connectivity index is 3.58. The summed E-state index contributed by atoms with van der Waals surface area (Å²) in [7, 11) is 0. The molecule has 10 heavy (non-hydrogen) atoms. The molecule has 0 saturated heterocycles. The normalized spacial score (nSPS) is 12.2. The Hall–Kier alpha value is -0.760. The van der Waals surface area contributed by atoms with E-state index in [4.69, 9.17) is 4.74 Å². The number of rotatable bonds is 5. The first-order valence-electron chi connectivity index (χ1n) is 3.36. The first-order chi connectivity index (χ1) is 4.72. The van der Waals surface area contributed by atoms with Crippen LogP contribution < -0.4 is 0 Å². The number of ether oxygens (including phenoxy) is 1. The summed E-state index contributed by atoms with van der Waals surface area (Å²) in [4.78, 5) is 0. The molecule has 2 nitrogen and oxygen atoms in total. The summed E-state index contributed by atoms with van der Waals surface area (Å²) in [5, 5.41) is 9.18. The van der Waals surface area contributed by atoms with E-state index in [0.29, 0.717) is 12.2 Å². The zero-order valence-electron chi connectivity index (χ0n) is 6.34. The first kappa shape index (κ1) is 9.24. The van der Waals surface area contributed by atoms with E-state index in [1.54, 1.807) is 0 Å². The fourth-order valence-electron chi connectivity index (χ4n) is 0.620. The maximum absolute atomic E-state index is 9.18. The molecule has 0 rings (SSSR count). The van der Waals surface area contributed by atoms with Crippen molar-refractivity contribution >= 4 is 0 Å². The van der Waals surface area contributed by atoms with E-state index in [9.17, 15) is 5.11 Å². The SMILES string of the molecule is C=COC(=C)C(O)CCC. The average molecular weight is 142 g/mol. The summed E-state index contributed by atoms with van der Waals surface area (Å²) in [5.41, 5.74) is 0. The van der Waals surface area contributed by atoms with Gasteiger partial charge in [0.2, 0.25) is 0 Å². The van der Waals surface area contributed by atoms with Crippen molar-refractivity contribution in [3.8, 4) is 0 Å². The molecular weight excluding hydrogens is 128 g/mol. The molecule has 0 saturated carbocycles. The largest absolute Gasteiger partial charge is 0.468 e. The van der Waals surface area contributed by atoms with Gasteiger partial charge in [-0.05, 0) is 6.42 Å². The fraction of sp³-hybridized carbons (Fsp3) is 0.500. The zero-order chi connectivity index (χ0) is 7.98. The molecule has 1 unspecified atom stereocenters. The van der Waals surface area contributed by atoms with E-state index in [2.05, 4.69) is 13.2 Å². The van der Waals surface area contributed by atoms with E-state index < -0.39 is 6.10 Å². The van der Waals surface area contributed by atoms with E-state index in [1.165, 1.54) is 6.26 Å². The molecule has 0 aliphatic heterocycles. The van der Waals surface area contributed by atoms with Crippen LogP contribution in [0.5, 0.6) is 0 Å². The predicted octanol–water partition coefficient (Wildman–Crippen LogP) is 1.82. The average Bonchev–Trinajstić information content (AvgIpc) is 1.89. The Kier molecular flexibility index (Phi) is 4.67. The van der Waals surface area contributed by atoms with Gasteiger partial charge in [-0.2, -0.15) is 0 Å². The number of hydrogen-bond donors (Lipinski definition) is 1. The molecule has 2 heteroatoms. The van der Waals surface area contributed by atoms with Crippen molar-refractivity contribution in [2.75, 3.05) is 0 Å². The minimum Gasteiger partial charge on any atom is -0.468 e. The third kappa shape index (κ3) is 3.30. The highest BCUT2D eigenvalue weighted by Crippen LogP contribution is 2.07. The smallest absolute Gasteiger partial charge is 0.124 e. The standard InChI is InChI=1S/C8H14O2/c1-4-6-8(9)7(3)10-5-2/h5,8-9H,2-4,6H2,1H3. The second-order valence-electron chi connectivity index (χ2n) is 2.06. The molecule has 1 N–H and O–H groups in total. The van der Waals surface area contributed by atoms with Gasteiger partial charge in [0.05, 0.1) is 6.26 Å². The van der Waals surface area contributed by atoms with Gasteiger partial charge in [-0.3, -0.25) is 0 Å². The van der Waals surface area contributed by atoms with Gasteiger partial charge in [-0.1, -0.05) is 26.5 Å². The Labute approximate surface area is 61.8 Å². The van der Waals surface area contributed by atoms with Crippen LogP contribution in [0.1, 0.15) is 19.8 Å². The summed E-state index contributed by atoms with van der Waals surface area (Å²) >= 11 is 0. The predicted molar refractivity (Wildman–Crippen MR) is 41.3 cm³/mol. The van der Waals surface area contributed by atoms with Gasteiger partial charge in [0.25, 0.3) is 0 Å². The lowest BCUT2D eigenvalue weighted by molar-refractivity contribution is 0.137. The summed E-state index contributed by atoms with van der Waals surface area (Å²) in [6.45, 7) is 8.86. The molecule has 0 heterocycles. The van der Waals surface area contributed by atoms with Crippen molar-refractivity contribution < 1.29 is 9.84 Å². The van der Waals surface area contributed by atoms with Crippen molar-refractivity contribution in [3.63, 3.8) is 0 Å². The maximum atomic E-state index is 9.18. The fourth-order valence-corrected chi connectivity index (χ4v) is 0.620. The Morgan fingerprint density at radius 2 is 2.40 bits per heavy atom. The highest BCUT2D eigenvalue weighted by atomic mass is 16.5. The van der Waals surface area contributed by atoms with Gasteiger partial charge in [0.15, 0.2) is 0 Å². The summed E-state index contributed by atoms with van der Waals surface area (Å²) in [5.74, 6) is 0.372. The van der Waals surface area contributed by atoms with Crippen LogP contribution >= 0.6 is 0 Å². The van der Waals surface area contributed by atoms with Crippen LogP contribution in [0, 0.1) is 0 Å². The molecular formula is C8H14O2. The Morgan fingerprint density at radius 3 is 2.80 bits per heavy atom. The first-order valence-corrected chi connectivity index (χ1v) is 3.36. The monoisotopic (exact) mass is 142 g/mol. The van der Waals surface area contributed by atoms with Gasteiger partial charge in [0, 0.05) is 0 Å². The summed E-state index contributed by atoms with van der Waals surface area (Å²) in [6, 6.07) is 0. The van der Waals surface area contributed by atoms with Crippen molar-refractivity contribution in [2.24, 2.45) is 0 Å². The van der Waals surface area contributed by atoms with Gasteiger partial charge in [0.1, 0.15) is 11.9 Å². The number of aliphatic hydroxyl groups is 1. The van der Waals surface area contributed by atoms with E-state index in [0.717, 1.165) is 6.42 Å². The van der Waals surface area contributed by atoms with Crippen LogP contribution in [0.25, 0.3) is 0 Å². The van der Waals surface area contributed by atoms with Crippen LogP contribution in [0.3, 0.4) is 0 Å². The molecule has 58 valence electrons. The molecule has 0 amide bonds. The van der Waals surface area contributed by atoms with Crippen molar-refractivity contribution in [1.82, 2.24) is 0 Å². The van der Waals surface area contributed by atoms with Gasteiger partial charge in [-0.25, -0.2) is 0 Å². The van der Waals surface area contributed by atoms with Gasteiger partial charge < -0.3 is 9.84 Å². The molecule has 0 aliphatic carbocycles. The Bertz CT molecular complexity index is 118. The van der Waals surface area contributed by atoms with Crippen LogP contribution in [-0.2, 0) is 4.74 Å². The van der Waals surface area contributed by atoms with Crippen molar-refractivity contribution in [2.45, 2.75) is 25.9 Å². The highest BCUT2D eigenvalue weighted by Gasteiger charge is 2.06. The van der Waals surface area contributed by atoms with Crippen LogP contribution in [0.4, 0.5) is 0 Å². The topological polar surface area (TPSA) is 29.5 Å².